The molecule has 1 saturated heterocycles. The van der Waals surface area contributed by atoms with Crippen molar-refractivity contribution in [3.8, 4) is 11.4 Å². The van der Waals surface area contributed by atoms with Crippen molar-refractivity contribution in [2.75, 3.05) is 32.1 Å². The summed E-state index contributed by atoms with van der Waals surface area (Å²) in [6, 6.07) is 11.3. The first kappa shape index (κ1) is 20.0. The predicted molar refractivity (Wildman–Crippen MR) is 112 cm³/mol. The number of pyridine rings is 1. The van der Waals surface area contributed by atoms with E-state index in [1.807, 2.05) is 60.3 Å². The van der Waals surface area contributed by atoms with Crippen molar-refractivity contribution in [2.24, 2.45) is 0 Å². The normalized spacial score (nSPS) is 16.5. The molecule has 1 aliphatic rings. The Morgan fingerprint density at radius 2 is 2.10 bits per heavy atom. The van der Waals surface area contributed by atoms with Crippen LogP contribution in [0.3, 0.4) is 0 Å². The summed E-state index contributed by atoms with van der Waals surface area (Å²) in [5.74, 6) is 0.964. The standard InChI is InChI=1S/C22H25N5O3/c1-26(2)18-6-3-5-17(13-18)22(28)27-12-4-7-19(14-27)29-15-20-24-21(25-30-20)16-8-10-23-11-9-16/h3,5-6,8-11,13,19H,4,7,12,14-15H2,1-2H3. The summed E-state index contributed by atoms with van der Waals surface area (Å²) in [4.78, 5) is 25.2. The Morgan fingerprint density at radius 3 is 2.90 bits per heavy atom. The molecule has 1 atom stereocenters. The highest BCUT2D eigenvalue weighted by Crippen LogP contribution is 2.20. The van der Waals surface area contributed by atoms with Gasteiger partial charge in [-0.1, -0.05) is 11.2 Å². The van der Waals surface area contributed by atoms with Crippen molar-refractivity contribution < 1.29 is 14.1 Å². The number of carbonyl (C=O) groups excluding carboxylic acids is 1. The van der Waals surface area contributed by atoms with Crippen molar-refractivity contribution in [1.29, 1.82) is 0 Å². The van der Waals surface area contributed by atoms with Gasteiger partial charge in [-0.2, -0.15) is 4.98 Å². The molecule has 3 aromatic rings. The van der Waals surface area contributed by atoms with Crippen LogP contribution in [0.15, 0.2) is 53.3 Å². The van der Waals surface area contributed by atoms with Crippen molar-refractivity contribution >= 4 is 11.6 Å². The average molecular weight is 407 g/mol. The lowest BCUT2D eigenvalue weighted by molar-refractivity contribution is -0.0153. The molecule has 3 heterocycles. The molecule has 2 aromatic heterocycles. The van der Waals surface area contributed by atoms with Crippen molar-refractivity contribution in [2.45, 2.75) is 25.6 Å². The summed E-state index contributed by atoms with van der Waals surface area (Å²) in [5.41, 5.74) is 2.54. The summed E-state index contributed by atoms with van der Waals surface area (Å²) in [6.45, 7) is 1.51. The average Bonchev–Trinajstić information content (AvgIpc) is 3.27. The van der Waals surface area contributed by atoms with Crippen LogP contribution in [0.25, 0.3) is 11.4 Å². The van der Waals surface area contributed by atoms with Gasteiger partial charge in [-0.3, -0.25) is 9.78 Å². The maximum atomic E-state index is 13.0. The van der Waals surface area contributed by atoms with Crippen LogP contribution in [0.1, 0.15) is 29.1 Å². The molecule has 1 fully saturated rings. The Balaban J connectivity index is 1.35. The lowest BCUT2D eigenvalue weighted by Gasteiger charge is -2.32. The third-order valence-electron chi connectivity index (χ3n) is 5.12. The van der Waals surface area contributed by atoms with E-state index < -0.39 is 0 Å². The maximum Gasteiger partial charge on any atom is 0.254 e. The molecule has 1 amide bonds. The predicted octanol–water partition coefficient (Wildman–Crippen LogP) is 3.02. The number of piperidine rings is 1. The summed E-state index contributed by atoms with van der Waals surface area (Å²) in [7, 11) is 3.93. The summed E-state index contributed by atoms with van der Waals surface area (Å²) < 4.78 is 11.3. The zero-order valence-corrected chi connectivity index (χ0v) is 17.2. The summed E-state index contributed by atoms with van der Waals surface area (Å²) in [5, 5.41) is 3.99. The number of ether oxygens (including phenoxy) is 1. The van der Waals surface area contributed by atoms with E-state index in [4.69, 9.17) is 9.26 Å². The van der Waals surface area contributed by atoms with Gasteiger partial charge in [0.1, 0.15) is 6.61 Å². The Kier molecular flexibility index (Phi) is 6.04. The minimum atomic E-state index is -0.0593. The molecular formula is C22H25N5O3. The first-order chi connectivity index (χ1) is 14.6. The molecule has 30 heavy (non-hydrogen) atoms. The minimum Gasteiger partial charge on any atom is -0.378 e. The molecule has 0 bridgehead atoms. The zero-order valence-electron chi connectivity index (χ0n) is 17.2. The van der Waals surface area contributed by atoms with Crippen LogP contribution >= 0.6 is 0 Å². The quantitative estimate of drug-likeness (QED) is 0.621. The van der Waals surface area contributed by atoms with Gasteiger partial charge >= 0.3 is 0 Å². The van der Waals surface area contributed by atoms with Crippen LogP contribution in [0.5, 0.6) is 0 Å². The number of aromatic nitrogens is 3. The zero-order chi connectivity index (χ0) is 20.9. The van der Waals surface area contributed by atoms with E-state index in [1.54, 1.807) is 12.4 Å². The van der Waals surface area contributed by atoms with Gasteiger partial charge in [-0.25, -0.2) is 0 Å². The van der Waals surface area contributed by atoms with Crippen molar-refractivity contribution in [1.82, 2.24) is 20.0 Å². The second-order valence-corrected chi connectivity index (χ2v) is 7.52. The van der Waals surface area contributed by atoms with E-state index >= 15 is 0 Å². The van der Waals surface area contributed by atoms with Gasteiger partial charge in [0, 0.05) is 56.4 Å². The fraction of sp³-hybridized carbons (Fsp3) is 0.364. The highest BCUT2D eigenvalue weighted by Gasteiger charge is 2.26. The van der Waals surface area contributed by atoms with E-state index in [9.17, 15) is 4.79 Å². The monoisotopic (exact) mass is 407 g/mol. The number of hydrogen-bond acceptors (Lipinski definition) is 7. The lowest BCUT2D eigenvalue weighted by Crippen LogP contribution is -2.43. The van der Waals surface area contributed by atoms with Gasteiger partial charge in [0.15, 0.2) is 0 Å². The molecule has 8 heteroatoms. The van der Waals surface area contributed by atoms with Crippen LogP contribution in [-0.4, -0.2) is 59.2 Å². The van der Waals surface area contributed by atoms with E-state index in [0.717, 1.165) is 30.6 Å². The van der Waals surface area contributed by atoms with E-state index in [2.05, 4.69) is 15.1 Å². The Morgan fingerprint density at radius 1 is 1.27 bits per heavy atom. The van der Waals surface area contributed by atoms with Crippen LogP contribution in [0, 0.1) is 0 Å². The lowest BCUT2D eigenvalue weighted by atomic mass is 10.1. The van der Waals surface area contributed by atoms with Crippen molar-refractivity contribution in [3.63, 3.8) is 0 Å². The second-order valence-electron chi connectivity index (χ2n) is 7.52. The number of hydrogen-bond donors (Lipinski definition) is 0. The van der Waals surface area contributed by atoms with Gasteiger partial charge < -0.3 is 19.1 Å². The highest BCUT2D eigenvalue weighted by molar-refractivity contribution is 5.95. The Bertz CT molecular complexity index is 989. The largest absolute Gasteiger partial charge is 0.378 e. The summed E-state index contributed by atoms with van der Waals surface area (Å²) >= 11 is 0. The molecule has 0 saturated carbocycles. The van der Waals surface area contributed by atoms with Gasteiger partial charge in [0.25, 0.3) is 11.8 Å². The number of carbonyl (C=O) groups is 1. The molecule has 0 radical (unpaired) electrons. The molecule has 156 valence electrons. The third kappa shape index (κ3) is 4.65. The molecule has 1 unspecified atom stereocenters. The topological polar surface area (TPSA) is 84.6 Å². The van der Waals surface area contributed by atoms with Crippen LogP contribution in [-0.2, 0) is 11.3 Å². The molecule has 0 aliphatic carbocycles. The number of benzene rings is 1. The van der Waals surface area contributed by atoms with Gasteiger partial charge in [-0.05, 0) is 43.2 Å². The molecule has 1 aromatic carbocycles. The second kappa shape index (κ2) is 9.04. The number of nitrogens with zero attached hydrogens (tertiary/aromatic N) is 5. The number of amides is 1. The smallest absolute Gasteiger partial charge is 0.254 e. The Hall–Kier alpha value is -3.26. The van der Waals surface area contributed by atoms with Crippen LogP contribution < -0.4 is 4.90 Å². The number of rotatable bonds is 6. The first-order valence-electron chi connectivity index (χ1n) is 10.0. The maximum absolute atomic E-state index is 13.0. The fourth-order valence-corrected chi connectivity index (χ4v) is 3.48. The molecular weight excluding hydrogens is 382 g/mol. The van der Waals surface area contributed by atoms with E-state index in [0.29, 0.717) is 23.8 Å². The molecule has 1 aliphatic heterocycles. The molecule has 8 nitrogen and oxygen atoms in total. The van der Waals surface area contributed by atoms with E-state index in [-0.39, 0.29) is 18.6 Å². The van der Waals surface area contributed by atoms with Crippen LogP contribution in [0.4, 0.5) is 5.69 Å². The first-order valence-corrected chi connectivity index (χ1v) is 10.0. The van der Waals surface area contributed by atoms with Gasteiger partial charge in [0.05, 0.1) is 6.10 Å². The number of likely N-dealkylation sites (tertiary alicyclic amines) is 1. The summed E-state index contributed by atoms with van der Waals surface area (Å²) in [6.07, 6.45) is 5.10. The number of anilines is 1. The van der Waals surface area contributed by atoms with Crippen molar-refractivity contribution in [3.05, 3.63) is 60.2 Å². The van der Waals surface area contributed by atoms with E-state index in [1.165, 1.54) is 0 Å². The third-order valence-corrected chi connectivity index (χ3v) is 5.12. The molecule has 4 rings (SSSR count). The molecule has 0 N–H and O–H groups in total. The highest BCUT2D eigenvalue weighted by atomic mass is 16.5. The van der Waals surface area contributed by atoms with Gasteiger partial charge in [-0.15, -0.1) is 0 Å². The SMILES string of the molecule is CN(C)c1cccc(C(=O)N2CCCC(OCc3nc(-c4ccncc4)no3)C2)c1. The Labute approximate surface area is 175 Å². The fourth-order valence-electron chi connectivity index (χ4n) is 3.48. The molecule has 0 spiro atoms. The van der Waals surface area contributed by atoms with Crippen LogP contribution in [0.2, 0.25) is 0 Å². The minimum absolute atomic E-state index is 0.0322. The van der Waals surface area contributed by atoms with Gasteiger partial charge in [0.2, 0.25) is 5.82 Å².